The highest BCUT2D eigenvalue weighted by Gasteiger charge is 2.03. The molecule has 16 heavy (non-hydrogen) atoms. The molecule has 0 spiro atoms. The van der Waals surface area contributed by atoms with Crippen LogP contribution in [0.25, 0.3) is 0 Å². The van der Waals surface area contributed by atoms with E-state index in [1.54, 1.807) is 30.5 Å². The highest BCUT2D eigenvalue weighted by molar-refractivity contribution is 6.30. The molecule has 0 atom stereocenters. The molecule has 6 heteroatoms. The number of hydrogen-bond acceptors (Lipinski definition) is 4. The molecule has 1 aromatic heterocycles. The van der Waals surface area contributed by atoms with Gasteiger partial charge < -0.3 is 10.2 Å². The molecular weight excluding hydrogens is 228 g/mol. The van der Waals surface area contributed by atoms with Crippen LogP contribution in [-0.4, -0.2) is 22.0 Å². The van der Waals surface area contributed by atoms with E-state index in [2.05, 4.69) is 15.6 Å². The van der Waals surface area contributed by atoms with Gasteiger partial charge in [0, 0.05) is 10.6 Å². The standard InChI is InChI=1S/C10H11ClN4O/c1-16-10-3-2-9(11)4-8(10)5-14-15-6-12-13-7-15/h2-4,6-7,14H,5H2,1H3. The second-order valence-electron chi connectivity index (χ2n) is 3.16. The van der Waals surface area contributed by atoms with Gasteiger partial charge in [-0.25, -0.2) is 4.68 Å². The molecule has 0 fully saturated rings. The third kappa shape index (κ3) is 2.43. The molecule has 0 radical (unpaired) electrons. The average molecular weight is 239 g/mol. The number of aromatic nitrogens is 3. The largest absolute Gasteiger partial charge is 0.496 e. The zero-order valence-corrected chi connectivity index (χ0v) is 9.48. The molecule has 0 aliphatic rings. The van der Waals surface area contributed by atoms with Gasteiger partial charge in [0.2, 0.25) is 0 Å². The summed E-state index contributed by atoms with van der Waals surface area (Å²) in [6.07, 6.45) is 3.16. The van der Waals surface area contributed by atoms with Crippen LogP contribution < -0.4 is 10.2 Å². The zero-order valence-electron chi connectivity index (χ0n) is 8.72. The van der Waals surface area contributed by atoms with Crippen molar-refractivity contribution in [2.75, 3.05) is 12.5 Å². The fourth-order valence-corrected chi connectivity index (χ4v) is 1.54. The number of halogens is 1. The molecule has 0 bridgehead atoms. The lowest BCUT2D eigenvalue weighted by Gasteiger charge is -2.10. The van der Waals surface area contributed by atoms with Gasteiger partial charge >= 0.3 is 0 Å². The molecule has 0 unspecified atom stereocenters. The second kappa shape index (κ2) is 4.85. The first-order chi connectivity index (χ1) is 7.79. The minimum Gasteiger partial charge on any atom is -0.496 e. The predicted molar refractivity (Wildman–Crippen MR) is 61.1 cm³/mol. The molecule has 0 amide bonds. The SMILES string of the molecule is COc1ccc(Cl)cc1CNn1cnnc1. The van der Waals surface area contributed by atoms with Crippen molar-refractivity contribution in [3.8, 4) is 5.75 Å². The first kappa shape index (κ1) is 10.8. The second-order valence-corrected chi connectivity index (χ2v) is 3.60. The molecule has 1 heterocycles. The molecule has 1 aromatic carbocycles. The number of rotatable bonds is 4. The summed E-state index contributed by atoms with van der Waals surface area (Å²) in [5, 5.41) is 8.06. The summed E-state index contributed by atoms with van der Waals surface area (Å²) in [5.74, 6) is 0.796. The fourth-order valence-electron chi connectivity index (χ4n) is 1.34. The average Bonchev–Trinajstić information content (AvgIpc) is 2.79. The smallest absolute Gasteiger partial charge is 0.138 e. The molecule has 1 N–H and O–H groups in total. The van der Waals surface area contributed by atoms with E-state index in [-0.39, 0.29) is 0 Å². The van der Waals surface area contributed by atoms with Crippen molar-refractivity contribution in [1.29, 1.82) is 0 Å². The van der Waals surface area contributed by atoms with E-state index in [0.717, 1.165) is 11.3 Å². The molecule has 0 saturated carbocycles. The first-order valence-corrected chi connectivity index (χ1v) is 5.08. The minimum atomic E-state index is 0.585. The van der Waals surface area contributed by atoms with Crippen LogP contribution in [0.3, 0.4) is 0 Å². The van der Waals surface area contributed by atoms with Crippen LogP contribution >= 0.6 is 11.6 Å². The first-order valence-electron chi connectivity index (χ1n) is 4.70. The Morgan fingerprint density at radius 1 is 1.38 bits per heavy atom. The Labute approximate surface area is 98.0 Å². The van der Waals surface area contributed by atoms with Gasteiger partial charge in [-0.1, -0.05) is 11.6 Å². The van der Waals surface area contributed by atoms with Crippen LogP contribution in [-0.2, 0) is 6.54 Å². The Bertz CT molecular complexity index is 458. The Kier molecular flexibility index (Phi) is 3.26. The summed E-state index contributed by atoms with van der Waals surface area (Å²) in [5.41, 5.74) is 4.07. The maximum Gasteiger partial charge on any atom is 0.138 e. The Balaban J connectivity index is 2.11. The maximum absolute atomic E-state index is 5.92. The van der Waals surface area contributed by atoms with Crippen molar-refractivity contribution in [2.24, 2.45) is 0 Å². The van der Waals surface area contributed by atoms with Crippen LogP contribution in [0.15, 0.2) is 30.9 Å². The minimum absolute atomic E-state index is 0.585. The molecule has 2 aromatic rings. The molecule has 0 aliphatic heterocycles. The molecular formula is C10H11ClN4O. The third-order valence-electron chi connectivity index (χ3n) is 2.11. The van der Waals surface area contributed by atoms with Gasteiger partial charge in [0.15, 0.2) is 0 Å². The van der Waals surface area contributed by atoms with E-state index in [1.165, 1.54) is 0 Å². The number of ether oxygens (including phenoxy) is 1. The summed E-state index contributed by atoms with van der Waals surface area (Å²) in [6, 6.07) is 5.49. The lowest BCUT2D eigenvalue weighted by Crippen LogP contribution is -2.12. The highest BCUT2D eigenvalue weighted by atomic mass is 35.5. The van der Waals surface area contributed by atoms with Crippen molar-refractivity contribution in [3.05, 3.63) is 41.4 Å². The van der Waals surface area contributed by atoms with Crippen LogP contribution in [0.1, 0.15) is 5.56 Å². The monoisotopic (exact) mass is 238 g/mol. The van der Waals surface area contributed by atoms with Gasteiger partial charge in [0.25, 0.3) is 0 Å². The summed E-state index contributed by atoms with van der Waals surface area (Å²) < 4.78 is 6.90. The fraction of sp³-hybridized carbons (Fsp3) is 0.200. The normalized spacial score (nSPS) is 10.1. The van der Waals surface area contributed by atoms with Crippen molar-refractivity contribution in [2.45, 2.75) is 6.54 Å². The van der Waals surface area contributed by atoms with E-state index >= 15 is 0 Å². The van der Waals surface area contributed by atoms with Gasteiger partial charge in [-0.3, -0.25) is 0 Å². The topological polar surface area (TPSA) is 52.0 Å². The summed E-state index contributed by atoms with van der Waals surface area (Å²) in [7, 11) is 1.63. The van der Waals surface area contributed by atoms with Crippen molar-refractivity contribution >= 4 is 11.6 Å². The molecule has 84 valence electrons. The Morgan fingerprint density at radius 2 is 2.12 bits per heavy atom. The maximum atomic E-state index is 5.92. The number of hydrogen-bond donors (Lipinski definition) is 1. The van der Waals surface area contributed by atoms with E-state index in [0.29, 0.717) is 11.6 Å². The third-order valence-corrected chi connectivity index (χ3v) is 2.35. The van der Waals surface area contributed by atoms with Crippen molar-refractivity contribution < 1.29 is 4.74 Å². The molecule has 0 aliphatic carbocycles. The van der Waals surface area contributed by atoms with E-state index in [1.807, 2.05) is 12.1 Å². The lowest BCUT2D eigenvalue weighted by atomic mass is 10.2. The van der Waals surface area contributed by atoms with E-state index in [9.17, 15) is 0 Å². The number of methoxy groups -OCH3 is 1. The van der Waals surface area contributed by atoms with Crippen molar-refractivity contribution in [1.82, 2.24) is 14.9 Å². The summed E-state index contributed by atoms with van der Waals surface area (Å²) in [6.45, 7) is 0.585. The summed E-state index contributed by atoms with van der Waals surface area (Å²) in [4.78, 5) is 0. The molecule has 0 saturated heterocycles. The van der Waals surface area contributed by atoms with Gasteiger partial charge in [-0.05, 0) is 18.2 Å². The van der Waals surface area contributed by atoms with Gasteiger partial charge in [-0.2, -0.15) is 0 Å². The zero-order chi connectivity index (χ0) is 11.4. The number of nitrogens with zero attached hydrogens (tertiary/aromatic N) is 3. The predicted octanol–water partition coefficient (Wildman–Crippen LogP) is 1.68. The van der Waals surface area contributed by atoms with Crippen LogP contribution in [0.5, 0.6) is 5.75 Å². The summed E-state index contributed by atoms with van der Waals surface area (Å²) >= 11 is 5.92. The van der Waals surface area contributed by atoms with E-state index < -0.39 is 0 Å². The van der Waals surface area contributed by atoms with Gasteiger partial charge in [-0.15, -0.1) is 10.2 Å². The molecule has 2 rings (SSSR count). The van der Waals surface area contributed by atoms with Crippen LogP contribution in [0.2, 0.25) is 5.02 Å². The number of nitrogens with one attached hydrogen (secondary N) is 1. The Hall–Kier alpha value is -1.75. The van der Waals surface area contributed by atoms with Gasteiger partial charge in [0.1, 0.15) is 18.4 Å². The van der Waals surface area contributed by atoms with Crippen molar-refractivity contribution in [3.63, 3.8) is 0 Å². The van der Waals surface area contributed by atoms with Crippen LogP contribution in [0, 0.1) is 0 Å². The highest BCUT2D eigenvalue weighted by Crippen LogP contribution is 2.22. The van der Waals surface area contributed by atoms with E-state index in [4.69, 9.17) is 16.3 Å². The van der Waals surface area contributed by atoms with Gasteiger partial charge in [0.05, 0.1) is 13.7 Å². The van der Waals surface area contributed by atoms with Crippen LogP contribution in [0.4, 0.5) is 0 Å². The Morgan fingerprint density at radius 3 is 2.81 bits per heavy atom. The molecule has 5 nitrogen and oxygen atoms in total. The number of benzene rings is 1. The lowest BCUT2D eigenvalue weighted by molar-refractivity contribution is 0.410. The quantitative estimate of drug-likeness (QED) is 0.881.